The third-order valence-electron chi connectivity index (χ3n) is 3.35. The molecular formula is C11H12BrNO5S. The molecule has 104 valence electrons. The molecule has 1 aromatic carbocycles. The van der Waals surface area contributed by atoms with Crippen molar-refractivity contribution in [1.29, 1.82) is 0 Å². The summed E-state index contributed by atoms with van der Waals surface area (Å²) in [6, 6.07) is 4.40. The Morgan fingerprint density at radius 3 is 2.53 bits per heavy atom. The van der Waals surface area contributed by atoms with Crippen molar-refractivity contribution in [2.75, 3.05) is 7.11 Å². The molecule has 0 aromatic heterocycles. The summed E-state index contributed by atoms with van der Waals surface area (Å²) in [5, 5.41) is 11.1. The van der Waals surface area contributed by atoms with Crippen LogP contribution in [0.3, 0.4) is 0 Å². The number of nitro benzene ring substituents is 1. The molecule has 0 saturated heterocycles. The summed E-state index contributed by atoms with van der Waals surface area (Å²) in [7, 11) is -2.55. The Balaban J connectivity index is 2.52. The highest BCUT2D eigenvalue weighted by Gasteiger charge is 2.56. The second kappa shape index (κ2) is 4.84. The Bertz CT molecular complexity index is 624. The summed E-state index contributed by atoms with van der Waals surface area (Å²) in [4.78, 5) is 10.4. The van der Waals surface area contributed by atoms with Gasteiger partial charge in [-0.3, -0.25) is 14.3 Å². The highest BCUT2D eigenvalue weighted by Crippen LogP contribution is 2.53. The lowest BCUT2D eigenvalue weighted by Crippen LogP contribution is -2.22. The van der Waals surface area contributed by atoms with Crippen LogP contribution in [0.4, 0.5) is 5.69 Å². The van der Waals surface area contributed by atoms with Gasteiger partial charge in [0.15, 0.2) is 0 Å². The van der Waals surface area contributed by atoms with Crippen LogP contribution in [0.25, 0.3) is 0 Å². The standard InChI is InChI=1S/C11H12BrNO5S/c1-18-19(16,17)11(4-5-11)9-2-3-10(13(14)15)8(6-9)7-12/h2-3,6H,4-5,7H2,1H3. The van der Waals surface area contributed by atoms with Gasteiger partial charge in [0.1, 0.15) is 4.75 Å². The normalized spacial score (nSPS) is 17.2. The third kappa shape index (κ3) is 2.28. The van der Waals surface area contributed by atoms with E-state index in [0.717, 1.165) is 7.11 Å². The van der Waals surface area contributed by atoms with E-state index in [1.807, 2.05) is 0 Å². The van der Waals surface area contributed by atoms with E-state index in [1.54, 1.807) is 6.07 Å². The fourth-order valence-corrected chi connectivity index (χ4v) is 3.90. The van der Waals surface area contributed by atoms with Crippen LogP contribution in [0.5, 0.6) is 0 Å². The van der Waals surface area contributed by atoms with Crippen molar-refractivity contribution in [2.45, 2.75) is 22.9 Å². The molecule has 0 unspecified atom stereocenters. The molecule has 0 amide bonds. The summed E-state index contributed by atoms with van der Waals surface area (Å²) in [6.07, 6.45) is 0.950. The van der Waals surface area contributed by atoms with E-state index < -0.39 is 19.8 Å². The molecule has 2 rings (SSSR count). The fraction of sp³-hybridized carbons (Fsp3) is 0.455. The zero-order valence-electron chi connectivity index (χ0n) is 10.1. The van der Waals surface area contributed by atoms with Crippen molar-refractivity contribution >= 4 is 31.7 Å². The summed E-state index contributed by atoms with van der Waals surface area (Å²) < 4.78 is 27.4. The number of halogens is 1. The lowest BCUT2D eigenvalue weighted by molar-refractivity contribution is -0.385. The summed E-state index contributed by atoms with van der Waals surface area (Å²) in [5.41, 5.74) is 0.987. The van der Waals surface area contributed by atoms with Crippen LogP contribution in [-0.4, -0.2) is 20.5 Å². The topological polar surface area (TPSA) is 86.5 Å². The van der Waals surface area contributed by atoms with Gasteiger partial charge in [0.25, 0.3) is 15.8 Å². The van der Waals surface area contributed by atoms with Crippen LogP contribution in [0, 0.1) is 10.1 Å². The van der Waals surface area contributed by atoms with E-state index in [9.17, 15) is 18.5 Å². The molecule has 0 N–H and O–H groups in total. The molecule has 0 atom stereocenters. The van der Waals surface area contributed by atoms with E-state index in [1.165, 1.54) is 12.1 Å². The average Bonchev–Trinajstić information content (AvgIpc) is 3.19. The second-order valence-electron chi connectivity index (χ2n) is 4.35. The maximum absolute atomic E-state index is 11.9. The highest BCUT2D eigenvalue weighted by atomic mass is 79.9. The van der Waals surface area contributed by atoms with Gasteiger partial charge in [0.05, 0.1) is 12.0 Å². The first kappa shape index (κ1) is 14.4. The lowest BCUT2D eigenvalue weighted by Gasteiger charge is -2.15. The van der Waals surface area contributed by atoms with Crippen LogP contribution in [0.2, 0.25) is 0 Å². The van der Waals surface area contributed by atoms with Gasteiger partial charge in [-0.2, -0.15) is 8.42 Å². The van der Waals surface area contributed by atoms with Crippen molar-refractivity contribution < 1.29 is 17.5 Å². The van der Waals surface area contributed by atoms with Gasteiger partial charge in [-0.25, -0.2) is 0 Å². The van der Waals surface area contributed by atoms with Gasteiger partial charge >= 0.3 is 0 Å². The smallest absolute Gasteiger partial charge is 0.273 e. The maximum atomic E-state index is 11.9. The molecule has 1 saturated carbocycles. The van der Waals surface area contributed by atoms with Gasteiger partial charge < -0.3 is 0 Å². The first-order chi connectivity index (χ1) is 8.88. The van der Waals surface area contributed by atoms with Crippen molar-refractivity contribution in [3.8, 4) is 0 Å². The molecule has 1 fully saturated rings. The number of nitro groups is 1. The highest BCUT2D eigenvalue weighted by molar-refractivity contribution is 9.08. The Morgan fingerprint density at radius 2 is 2.11 bits per heavy atom. The number of hydrogen-bond acceptors (Lipinski definition) is 5. The van der Waals surface area contributed by atoms with Crippen LogP contribution < -0.4 is 0 Å². The van der Waals surface area contributed by atoms with Crippen LogP contribution >= 0.6 is 15.9 Å². The predicted octanol–water partition coefficient (Wildman–Crippen LogP) is 2.46. The van der Waals surface area contributed by atoms with Crippen molar-refractivity contribution in [2.24, 2.45) is 0 Å². The molecule has 8 heteroatoms. The third-order valence-corrected chi connectivity index (χ3v) is 5.99. The van der Waals surface area contributed by atoms with Gasteiger partial charge in [0.2, 0.25) is 0 Å². The molecule has 19 heavy (non-hydrogen) atoms. The zero-order chi connectivity index (χ0) is 14.3. The minimum Gasteiger partial charge on any atom is -0.273 e. The minimum atomic E-state index is -3.68. The van der Waals surface area contributed by atoms with Crippen molar-refractivity contribution in [3.63, 3.8) is 0 Å². The number of rotatable bonds is 5. The quantitative estimate of drug-likeness (QED) is 0.352. The Kier molecular flexibility index (Phi) is 3.67. The molecule has 6 nitrogen and oxygen atoms in total. The monoisotopic (exact) mass is 349 g/mol. The number of alkyl halides is 1. The molecule has 1 aliphatic carbocycles. The van der Waals surface area contributed by atoms with Crippen molar-refractivity contribution in [3.05, 3.63) is 39.4 Å². The minimum absolute atomic E-state index is 0.0220. The Hall–Kier alpha value is -0.990. The summed E-state index contributed by atoms with van der Waals surface area (Å²) >= 11 is 3.18. The van der Waals surface area contributed by atoms with Crippen LogP contribution in [0.1, 0.15) is 24.0 Å². The van der Waals surface area contributed by atoms with E-state index in [2.05, 4.69) is 20.1 Å². The molecule has 0 radical (unpaired) electrons. The van der Waals surface area contributed by atoms with E-state index in [0.29, 0.717) is 29.3 Å². The van der Waals surface area contributed by atoms with Gasteiger partial charge in [-0.15, -0.1) is 0 Å². The summed E-state index contributed by atoms with van der Waals surface area (Å²) in [5.74, 6) is 0. The first-order valence-corrected chi connectivity index (χ1v) is 8.05. The number of nitrogens with zero attached hydrogens (tertiary/aromatic N) is 1. The molecular weight excluding hydrogens is 338 g/mol. The average molecular weight is 350 g/mol. The molecule has 0 bridgehead atoms. The molecule has 0 spiro atoms. The van der Waals surface area contributed by atoms with Gasteiger partial charge in [-0.1, -0.05) is 22.0 Å². The van der Waals surface area contributed by atoms with E-state index >= 15 is 0 Å². The predicted molar refractivity (Wildman–Crippen MR) is 72.6 cm³/mol. The van der Waals surface area contributed by atoms with Crippen LogP contribution in [0.15, 0.2) is 18.2 Å². The van der Waals surface area contributed by atoms with Crippen LogP contribution in [-0.2, 0) is 24.4 Å². The SMILES string of the molecule is COS(=O)(=O)C1(c2ccc([N+](=O)[O-])c(CBr)c2)CC1. The Labute approximate surface area is 119 Å². The fourth-order valence-electron chi connectivity index (χ4n) is 2.11. The Morgan fingerprint density at radius 1 is 1.47 bits per heavy atom. The van der Waals surface area contributed by atoms with Crippen molar-refractivity contribution in [1.82, 2.24) is 0 Å². The lowest BCUT2D eigenvalue weighted by atomic mass is 10.1. The summed E-state index contributed by atoms with van der Waals surface area (Å²) in [6.45, 7) is 0. The molecule has 0 heterocycles. The molecule has 1 aromatic rings. The molecule has 0 aliphatic heterocycles. The first-order valence-electron chi connectivity index (χ1n) is 5.52. The zero-order valence-corrected chi connectivity index (χ0v) is 12.5. The largest absolute Gasteiger partial charge is 0.277 e. The van der Waals surface area contributed by atoms with Gasteiger partial charge in [0, 0.05) is 17.0 Å². The van der Waals surface area contributed by atoms with Gasteiger partial charge in [-0.05, 0) is 24.5 Å². The van der Waals surface area contributed by atoms with E-state index in [-0.39, 0.29) is 5.69 Å². The van der Waals surface area contributed by atoms with E-state index in [4.69, 9.17) is 0 Å². The second-order valence-corrected chi connectivity index (χ2v) is 6.93. The molecule has 1 aliphatic rings. The number of hydrogen-bond donors (Lipinski definition) is 0. The maximum Gasteiger partial charge on any atom is 0.277 e. The number of benzene rings is 1.